The minimum absolute atomic E-state index is 0.305. The third kappa shape index (κ3) is 2.31. The molecule has 0 fully saturated rings. The Labute approximate surface area is 119 Å². The van der Waals surface area contributed by atoms with Crippen molar-refractivity contribution >= 4 is 39.9 Å². The third-order valence-electron chi connectivity index (χ3n) is 2.88. The summed E-state index contributed by atoms with van der Waals surface area (Å²) in [5.41, 5.74) is 7.63. The van der Waals surface area contributed by atoms with Crippen LogP contribution < -0.4 is 11.1 Å². The molecular weight excluding hydrogens is 276 g/mol. The molecule has 0 saturated carbocycles. The minimum Gasteiger partial charge on any atom is -0.399 e. The Kier molecular flexibility index (Phi) is 3.04. The summed E-state index contributed by atoms with van der Waals surface area (Å²) >= 11 is 5.95. The molecule has 0 unspecified atom stereocenters. The summed E-state index contributed by atoms with van der Waals surface area (Å²) in [7, 11) is 0. The summed E-state index contributed by atoms with van der Waals surface area (Å²) in [4.78, 5) is 19.2. The molecule has 20 heavy (non-hydrogen) atoms. The van der Waals surface area contributed by atoms with Gasteiger partial charge in [0.2, 0.25) is 0 Å². The van der Waals surface area contributed by atoms with Crippen molar-refractivity contribution in [2.24, 2.45) is 0 Å². The van der Waals surface area contributed by atoms with E-state index in [4.69, 9.17) is 17.3 Å². The smallest absolute Gasteiger partial charge is 0.273 e. The molecular formula is C14H11ClN4O. The van der Waals surface area contributed by atoms with E-state index < -0.39 is 0 Å². The van der Waals surface area contributed by atoms with Gasteiger partial charge in [-0.25, -0.2) is 4.98 Å². The van der Waals surface area contributed by atoms with Gasteiger partial charge in [0.25, 0.3) is 5.91 Å². The van der Waals surface area contributed by atoms with Gasteiger partial charge in [0.15, 0.2) is 5.82 Å². The van der Waals surface area contributed by atoms with E-state index >= 15 is 0 Å². The highest BCUT2D eigenvalue weighted by Crippen LogP contribution is 2.21. The first-order valence-electron chi connectivity index (χ1n) is 5.93. The Balaban J connectivity index is 1.91. The van der Waals surface area contributed by atoms with Crippen molar-refractivity contribution in [2.45, 2.75) is 0 Å². The average molecular weight is 287 g/mol. The zero-order valence-corrected chi connectivity index (χ0v) is 11.1. The first-order chi connectivity index (χ1) is 9.63. The Morgan fingerprint density at radius 3 is 2.95 bits per heavy atom. The number of anilines is 2. The van der Waals surface area contributed by atoms with E-state index in [-0.39, 0.29) is 5.91 Å². The maximum Gasteiger partial charge on any atom is 0.273 e. The van der Waals surface area contributed by atoms with Crippen molar-refractivity contribution < 1.29 is 4.79 Å². The SMILES string of the molecule is Nc1ccc2[nH]c(C(=O)Nc3ncccc3Cl)cc2c1. The van der Waals surface area contributed by atoms with Crippen molar-refractivity contribution in [1.82, 2.24) is 9.97 Å². The van der Waals surface area contributed by atoms with Gasteiger partial charge in [-0.1, -0.05) is 11.6 Å². The van der Waals surface area contributed by atoms with Gasteiger partial charge in [-0.2, -0.15) is 0 Å². The predicted octanol–water partition coefficient (Wildman–Crippen LogP) is 3.05. The molecule has 0 aliphatic rings. The number of carbonyl (C=O) groups excluding carboxylic acids is 1. The standard InChI is InChI=1S/C14H11ClN4O/c15-10-2-1-5-17-13(10)19-14(20)12-7-8-6-9(16)3-4-11(8)18-12/h1-7,18H,16H2,(H,17,19,20). The molecule has 2 heterocycles. The molecule has 0 aliphatic heterocycles. The molecule has 1 amide bonds. The molecule has 6 heteroatoms. The van der Waals surface area contributed by atoms with Crippen LogP contribution in [-0.2, 0) is 0 Å². The molecule has 0 aliphatic carbocycles. The molecule has 100 valence electrons. The topological polar surface area (TPSA) is 83.8 Å². The summed E-state index contributed by atoms with van der Waals surface area (Å²) in [6.07, 6.45) is 1.56. The number of amides is 1. The van der Waals surface area contributed by atoms with E-state index in [2.05, 4.69) is 15.3 Å². The minimum atomic E-state index is -0.305. The van der Waals surface area contributed by atoms with E-state index in [1.807, 2.05) is 6.07 Å². The number of pyridine rings is 1. The van der Waals surface area contributed by atoms with E-state index in [0.29, 0.717) is 22.2 Å². The number of aromatic amines is 1. The van der Waals surface area contributed by atoms with Gasteiger partial charge in [0, 0.05) is 22.8 Å². The maximum absolute atomic E-state index is 12.1. The summed E-state index contributed by atoms with van der Waals surface area (Å²) < 4.78 is 0. The summed E-state index contributed by atoms with van der Waals surface area (Å²) in [5.74, 6) is 0.0257. The van der Waals surface area contributed by atoms with Crippen LogP contribution in [0.4, 0.5) is 11.5 Å². The van der Waals surface area contributed by atoms with Gasteiger partial charge in [0.05, 0.1) is 5.02 Å². The first-order valence-corrected chi connectivity index (χ1v) is 6.31. The first kappa shape index (κ1) is 12.5. The molecule has 4 N–H and O–H groups in total. The van der Waals surface area contributed by atoms with Crippen LogP contribution in [0.25, 0.3) is 10.9 Å². The average Bonchev–Trinajstić information content (AvgIpc) is 2.84. The van der Waals surface area contributed by atoms with Gasteiger partial charge in [-0.15, -0.1) is 0 Å². The summed E-state index contributed by atoms with van der Waals surface area (Å²) in [6, 6.07) is 10.5. The van der Waals surface area contributed by atoms with Crippen LogP contribution in [-0.4, -0.2) is 15.9 Å². The molecule has 0 atom stereocenters. The van der Waals surface area contributed by atoms with Crippen molar-refractivity contribution in [3.8, 4) is 0 Å². The second kappa shape index (κ2) is 4.86. The van der Waals surface area contributed by atoms with Crippen LogP contribution >= 0.6 is 11.6 Å². The van der Waals surface area contributed by atoms with Crippen molar-refractivity contribution in [2.75, 3.05) is 11.1 Å². The second-order valence-electron chi connectivity index (χ2n) is 4.32. The van der Waals surface area contributed by atoms with Crippen LogP contribution in [0.1, 0.15) is 10.5 Å². The predicted molar refractivity (Wildman–Crippen MR) is 79.9 cm³/mol. The van der Waals surface area contributed by atoms with Crippen LogP contribution in [0.2, 0.25) is 5.02 Å². The molecule has 5 nitrogen and oxygen atoms in total. The Hall–Kier alpha value is -2.53. The fraction of sp³-hybridized carbons (Fsp3) is 0. The Bertz CT molecular complexity index is 797. The van der Waals surface area contributed by atoms with Crippen LogP contribution in [0, 0.1) is 0 Å². The van der Waals surface area contributed by atoms with E-state index in [9.17, 15) is 4.79 Å². The lowest BCUT2D eigenvalue weighted by atomic mass is 10.2. The van der Waals surface area contributed by atoms with Gasteiger partial charge in [-0.05, 0) is 36.4 Å². The lowest BCUT2D eigenvalue weighted by molar-refractivity contribution is 0.102. The van der Waals surface area contributed by atoms with Crippen molar-refractivity contribution in [3.05, 3.63) is 53.3 Å². The highest BCUT2D eigenvalue weighted by atomic mass is 35.5. The molecule has 0 bridgehead atoms. The number of nitrogens with zero attached hydrogens (tertiary/aromatic N) is 1. The van der Waals surface area contributed by atoms with Crippen LogP contribution in [0.15, 0.2) is 42.6 Å². The van der Waals surface area contributed by atoms with Gasteiger partial charge in [0.1, 0.15) is 5.69 Å². The summed E-state index contributed by atoms with van der Waals surface area (Å²) in [5, 5.41) is 3.92. The monoisotopic (exact) mass is 286 g/mol. The number of nitrogens with two attached hydrogens (primary N) is 1. The van der Waals surface area contributed by atoms with Crippen molar-refractivity contribution in [3.63, 3.8) is 0 Å². The van der Waals surface area contributed by atoms with Gasteiger partial charge >= 0.3 is 0 Å². The normalized spacial score (nSPS) is 10.7. The third-order valence-corrected chi connectivity index (χ3v) is 3.18. The fourth-order valence-electron chi connectivity index (χ4n) is 1.93. The highest BCUT2D eigenvalue weighted by molar-refractivity contribution is 6.33. The number of carbonyl (C=O) groups is 1. The number of hydrogen-bond donors (Lipinski definition) is 3. The molecule has 1 aromatic carbocycles. The van der Waals surface area contributed by atoms with E-state index in [0.717, 1.165) is 10.9 Å². The Morgan fingerprint density at radius 2 is 2.15 bits per heavy atom. The number of halogens is 1. The number of aromatic nitrogens is 2. The highest BCUT2D eigenvalue weighted by Gasteiger charge is 2.12. The molecule has 0 radical (unpaired) electrons. The van der Waals surface area contributed by atoms with E-state index in [1.165, 1.54) is 0 Å². The Morgan fingerprint density at radius 1 is 1.30 bits per heavy atom. The van der Waals surface area contributed by atoms with Gasteiger partial charge in [-0.3, -0.25) is 4.79 Å². The fourth-order valence-corrected chi connectivity index (χ4v) is 2.09. The zero-order valence-electron chi connectivity index (χ0n) is 10.4. The lowest BCUT2D eigenvalue weighted by Crippen LogP contribution is -2.13. The van der Waals surface area contributed by atoms with Crippen molar-refractivity contribution in [1.29, 1.82) is 0 Å². The van der Waals surface area contributed by atoms with Gasteiger partial charge < -0.3 is 16.0 Å². The number of hydrogen-bond acceptors (Lipinski definition) is 3. The number of nitrogen functional groups attached to an aromatic ring is 1. The quantitative estimate of drug-likeness (QED) is 0.633. The van der Waals surface area contributed by atoms with E-state index in [1.54, 1.807) is 36.5 Å². The molecule has 3 rings (SSSR count). The van der Waals surface area contributed by atoms with Crippen LogP contribution in [0.5, 0.6) is 0 Å². The lowest BCUT2D eigenvalue weighted by Gasteiger charge is -2.03. The number of fused-ring (bicyclic) bond motifs is 1. The molecule has 2 aromatic heterocycles. The zero-order chi connectivity index (χ0) is 14.1. The largest absolute Gasteiger partial charge is 0.399 e. The molecule has 3 aromatic rings. The number of H-pyrrole nitrogens is 1. The molecule has 0 spiro atoms. The van der Waals surface area contributed by atoms with Crippen LogP contribution in [0.3, 0.4) is 0 Å². The number of rotatable bonds is 2. The number of benzene rings is 1. The number of nitrogens with one attached hydrogen (secondary N) is 2. The maximum atomic E-state index is 12.1. The summed E-state index contributed by atoms with van der Waals surface area (Å²) in [6.45, 7) is 0. The molecule has 0 saturated heterocycles. The second-order valence-corrected chi connectivity index (χ2v) is 4.72.